The van der Waals surface area contributed by atoms with Crippen molar-refractivity contribution in [3.63, 3.8) is 0 Å². The lowest BCUT2D eigenvalue weighted by molar-refractivity contribution is -0.0761. The summed E-state index contributed by atoms with van der Waals surface area (Å²) in [6, 6.07) is 9.25. The molecule has 0 aromatic heterocycles. The maximum absolute atomic E-state index is 6.01. The van der Waals surface area contributed by atoms with Crippen LogP contribution in [0.3, 0.4) is 0 Å². The quantitative estimate of drug-likeness (QED) is 0.763. The third-order valence-electron chi connectivity index (χ3n) is 3.93. The molecule has 0 spiro atoms. The van der Waals surface area contributed by atoms with Crippen molar-refractivity contribution in [2.24, 2.45) is 0 Å². The summed E-state index contributed by atoms with van der Waals surface area (Å²) in [6.07, 6.45) is 4.65. The SMILES string of the molecule is C=CCN1CCO[C@@H]2c3ccccc3CC[C@H]21.Cl. The van der Waals surface area contributed by atoms with E-state index in [1.54, 1.807) is 0 Å². The molecule has 98 valence electrons. The van der Waals surface area contributed by atoms with Crippen molar-refractivity contribution < 1.29 is 4.74 Å². The van der Waals surface area contributed by atoms with Crippen molar-refractivity contribution >= 4 is 12.4 Å². The molecule has 1 heterocycles. The summed E-state index contributed by atoms with van der Waals surface area (Å²) in [7, 11) is 0. The smallest absolute Gasteiger partial charge is 0.0983 e. The van der Waals surface area contributed by atoms with Gasteiger partial charge in [0.15, 0.2) is 0 Å². The number of rotatable bonds is 2. The van der Waals surface area contributed by atoms with Crippen LogP contribution in [0.15, 0.2) is 36.9 Å². The predicted octanol–water partition coefficient (Wildman–Crippen LogP) is 2.98. The first kappa shape index (κ1) is 13.6. The van der Waals surface area contributed by atoms with Crippen LogP contribution >= 0.6 is 12.4 Å². The number of halogens is 1. The molecule has 2 nitrogen and oxygen atoms in total. The largest absolute Gasteiger partial charge is 0.371 e. The van der Waals surface area contributed by atoms with Crippen LogP contribution in [0.4, 0.5) is 0 Å². The molecule has 1 saturated heterocycles. The van der Waals surface area contributed by atoms with Crippen molar-refractivity contribution in [3.8, 4) is 0 Å². The number of morpholine rings is 1. The van der Waals surface area contributed by atoms with Gasteiger partial charge in [0.1, 0.15) is 0 Å². The van der Waals surface area contributed by atoms with Crippen LogP contribution in [0.1, 0.15) is 23.7 Å². The highest BCUT2D eigenvalue weighted by molar-refractivity contribution is 5.85. The Bertz CT molecular complexity index is 421. The lowest BCUT2D eigenvalue weighted by Gasteiger charge is -2.44. The van der Waals surface area contributed by atoms with E-state index in [1.807, 2.05) is 6.08 Å². The maximum Gasteiger partial charge on any atom is 0.0983 e. The Kier molecular flexibility index (Phi) is 4.44. The van der Waals surface area contributed by atoms with Crippen LogP contribution < -0.4 is 0 Å². The second-order valence-electron chi connectivity index (χ2n) is 4.88. The first-order valence-electron chi connectivity index (χ1n) is 6.44. The molecule has 0 unspecified atom stereocenters. The van der Waals surface area contributed by atoms with Gasteiger partial charge in [0.2, 0.25) is 0 Å². The zero-order valence-corrected chi connectivity index (χ0v) is 11.4. The average molecular weight is 266 g/mol. The number of aryl methyl sites for hydroxylation is 1. The Morgan fingerprint density at radius 3 is 3.06 bits per heavy atom. The van der Waals surface area contributed by atoms with Crippen molar-refractivity contribution in [2.75, 3.05) is 19.7 Å². The molecule has 1 aliphatic carbocycles. The van der Waals surface area contributed by atoms with Gasteiger partial charge in [-0.3, -0.25) is 4.90 Å². The highest BCUT2D eigenvalue weighted by atomic mass is 35.5. The number of fused-ring (bicyclic) bond motifs is 3. The molecular formula is C15H20ClNO. The summed E-state index contributed by atoms with van der Waals surface area (Å²) in [6.45, 7) is 6.71. The molecule has 1 aromatic carbocycles. The predicted molar refractivity (Wildman–Crippen MR) is 76.3 cm³/mol. The number of nitrogens with zero attached hydrogens (tertiary/aromatic N) is 1. The van der Waals surface area contributed by atoms with E-state index in [9.17, 15) is 0 Å². The van der Waals surface area contributed by atoms with Crippen LogP contribution in [0, 0.1) is 0 Å². The molecule has 1 aliphatic heterocycles. The van der Waals surface area contributed by atoms with E-state index in [2.05, 4.69) is 35.7 Å². The fourth-order valence-electron chi connectivity index (χ4n) is 3.13. The fourth-order valence-corrected chi connectivity index (χ4v) is 3.13. The van der Waals surface area contributed by atoms with E-state index < -0.39 is 0 Å². The van der Waals surface area contributed by atoms with Crippen molar-refractivity contribution in [1.82, 2.24) is 4.90 Å². The summed E-state index contributed by atoms with van der Waals surface area (Å²) in [4.78, 5) is 2.51. The average Bonchev–Trinajstić information content (AvgIpc) is 2.39. The summed E-state index contributed by atoms with van der Waals surface area (Å²) in [5, 5.41) is 0. The van der Waals surface area contributed by atoms with Gasteiger partial charge >= 0.3 is 0 Å². The Labute approximate surface area is 115 Å². The number of ether oxygens (including phenoxy) is 1. The van der Waals surface area contributed by atoms with Gasteiger partial charge in [0.25, 0.3) is 0 Å². The van der Waals surface area contributed by atoms with E-state index in [-0.39, 0.29) is 18.5 Å². The van der Waals surface area contributed by atoms with E-state index in [1.165, 1.54) is 24.0 Å². The molecule has 3 heteroatoms. The zero-order chi connectivity index (χ0) is 11.7. The van der Waals surface area contributed by atoms with Crippen LogP contribution in [0.25, 0.3) is 0 Å². The lowest BCUT2D eigenvalue weighted by Crippen LogP contribution is -2.49. The van der Waals surface area contributed by atoms with Crippen LogP contribution in [0.5, 0.6) is 0 Å². The molecule has 2 aliphatic rings. The van der Waals surface area contributed by atoms with Crippen molar-refractivity contribution in [3.05, 3.63) is 48.0 Å². The second kappa shape index (κ2) is 5.87. The van der Waals surface area contributed by atoms with E-state index >= 15 is 0 Å². The van der Waals surface area contributed by atoms with Gasteiger partial charge in [-0.05, 0) is 24.0 Å². The molecule has 1 aromatic rings. The molecule has 0 bridgehead atoms. The first-order valence-corrected chi connectivity index (χ1v) is 6.44. The topological polar surface area (TPSA) is 12.5 Å². The van der Waals surface area contributed by atoms with Gasteiger partial charge in [-0.25, -0.2) is 0 Å². The molecule has 0 saturated carbocycles. The van der Waals surface area contributed by atoms with Gasteiger partial charge in [-0.1, -0.05) is 30.3 Å². The van der Waals surface area contributed by atoms with Gasteiger partial charge in [0.05, 0.1) is 12.7 Å². The normalized spacial score (nSPS) is 26.7. The van der Waals surface area contributed by atoms with Gasteiger partial charge in [-0.15, -0.1) is 19.0 Å². The number of hydrogen-bond acceptors (Lipinski definition) is 2. The highest BCUT2D eigenvalue weighted by Gasteiger charge is 2.36. The third kappa shape index (κ3) is 2.33. The second-order valence-corrected chi connectivity index (χ2v) is 4.88. The molecule has 1 fully saturated rings. The van der Waals surface area contributed by atoms with E-state index in [0.717, 1.165) is 19.7 Å². The molecule has 3 rings (SSSR count). The summed E-state index contributed by atoms with van der Waals surface area (Å²) in [5.41, 5.74) is 2.87. The van der Waals surface area contributed by atoms with Crippen LogP contribution in [0.2, 0.25) is 0 Å². The monoisotopic (exact) mass is 265 g/mol. The maximum atomic E-state index is 6.01. The Hall–Kier alpha value is -0.830. The number of hydrogen-bond donors (Lipinski definition) is 0. The van der Waals surface area contributed by atoms with E-state index in [4.69, 9.17) is 4.74 Å². The van der Waals surface area contributed by atoms with Gasteiger partial charge in [-0.2, -0.15) is 0 Å². The summed E-state index contributed by atoms with van der Waals surface area (Å²) < 4.78 is 6.01. The molecule has 0 amide bonds. The molecule has 2 atom stereocenters. The standard InChI is InChI=1S/C15H19NO.ClH/c1-2-9-16-10-11-17-15-13-6-4-3-5-12(13)7-8-14(15)16;/h2-6,14-15H,1,7-11H2;1H/t14-,15-;/m1./s1. The van der Waals surface area contributed by atoms with Gasteiger partial charge in [0, 0.05) is 19.1 Å². The van der Waals surface area contributed by atoms with Crippen molar-refractivity contribution in [1.29, 1.82) is 0 Å². The Morgan fingerprint density at radius 2 is 2.22 bits per heavy atom. The Morgan fingerprint density at radius 1 is 1.39 bits per heavy atom. The summed E-state index contributed by atoms with van der Waals surface area (Å²) >= 11 is 0. The number of benzene rings is 1. The Balaban J connectivity index is 0.00000120. The van der Waals surface area contributed by atoms with Crippen LogP contribution in [-0.4, -0.2) is 30.6 Å². The fraction of sp³-hybridized carbons (Fsp3) is 0.467. The minimum Gasteiger partial charge on any atom is -0.371 e. The lowest BCUT2D eigenvalue weighted by atomic mass is 9.84. The zero-order valence-electron chi connectivity index (χ0n) is 10.5. The molecule has 0 N–H and O–H groups in total. The van der Waals surface area contributed by atoms with Crippen LogP contribution in [-0.2, 0) is 11.2 Å². The third-order valence-corrected chi connectivity index (χ3v) is 3.93. The van der Waals surface area contributed by atoms with Crippen molar-refractivity contribution in [2.45, 2.75) is 25.0 Å². The highest BCUT2D eigenvalue weighted by Crippen LogP contribution is 2.37. The molecule has 0 radical (unpaired) electrons. The van der Waals surface area contributed by atoms with Gasteiger partial charge < -0.3 is 4.74 Å². The first-order chi connectivity index (χ1) is 8.40. The summed E-state index contributed by atoms with van der Waals surface area (Å²) in [5.74, 6) is 0. The molecule has 18 heavy (non-hydrogen) atoms. The minimum absolute atomic E-state index is 0. The molecular weight excluding hydrogens is 246 g/mol. The van der Waals surface area contributed by atoms with E-state index in [0.29, 0.717) is 6.04 Å². The minimum atomic E-state index is 0.